The molecule has 2 N–H and O–H groups in total. The Kier molecular flexibility index (Phi) is 6.10. The SMILES string of the molecule is CCCC(C)NC(=O)CC1CSCCN1. The highest BCUT2D eigenvalue weighted by atomic mass is 32.2. The van der Waals surface area contributed by atoms with Crippen molar-refractivity contribution in [3.8, 4) is 0 Å². The van der Waals surface area contributed by atoms with Crippen molar-refractivity contribution in [2.45, 2.75) is 45.2 Å². The number of amides is 1. The summed E-state index contributed by atoms with van der Waals surface area (Å²) in [4.78, 5) is 11.6. The number of carbonyl (C=O) groups is 1. The summed E-state index contributed by atoms with van der Waals surface area (Å²) in [5, 5.41) is 6.41. The quantitative estimate of drug-likeness (QED) is 0.750. The Morgan fingerprint density at radius 3 is 3.07 bits per heavy atom. The van der Waals surface area contributed by atoms with Crippen molar-refractivity contribution in [2.75, 3.05) is 18.1 Å². The van der Waals surface area contributed by atoms with Gasteiger partial charge >= 0.3 is 0 Å². The van der Waals surface area contributed by atoms with Crippen LogP contribution in [0, 0.1) is 0 Å². The summed E-state index contributed by atoms with van der Waals surface area (Å²) in [6.07, 6.45) is 2.82. The molecule has 4 heteroatoms. The summed E-state index contributed by atoms with van der Waals surface area (Å²) in [5.41, 5.74) is 0. The van der Waals surface area contributed by atoms with E-state index in [0.717, 1.165) is 25.1 Å². The molecule has 1 fully saturated rings. The predicted molar refractivity (Wildman–Crippen MR) is 66.2 cm³/mol. The first-order chi connectivity index (χ1) is 7.22. The zero-order valence-electron chi connectivity index (χ0n) is 9.71. The Morgan fingerprint density at radius 1 is 1.67 bits per heavy atom. The lowest BCUT2D eigenvalue weighted by Crippen LogP contribution is -2.43. The minimum absolute atomic E-state index is 0.191. The number of carbonyl (C=O) groups excluding carboxylic acids is 1. The molecule has 2 atom stereocenters. The molecule has 0 radical (unpaired) electrons. The molecule has 2 unspecified atom stereocenters. The van der Waals surface area contributed by atoms with Gasteiger partial charge in [0, 0.05) is 36.6 Å². The van der Waals surface area contributed by atoms with Crippen molar-refractivity contribution in [1.82, 2.24) is 10.6 Å². The Labute approximate surface area is 96.8 Å². The number of thioether (sulfide) groups is 1. The van der Waals surface area contributed by atoms with Crippen LogP contribution >= 0.6 is 11.8 Å². The van der Waals surface area contributed by atoms with E-state index in [4.69, 9.17) is 0 Å². The highest BCUT2D eigenvalue weighted by Gasteiger charge is 2.17. The second-order valence-electron chi connectivity index (χ2n) is 4.19. The molecule has 0 saturated carbocycles. The van der Waals surface area contributed by atoms with Crippen LogP contribution in [0.1, 0.15) is 33.1 Å². The summed E-state index contributed by atoms with van der Waals surface area (Å²) in [7, 11) is 0. The number of nitrogens with one attached hydrogen (secondary N) is 2. The Morgan fingerprint density at radius 2 is 2.47 bits per heavy atom. The van der Waals surface area contributed by atoms with E-state index in [-0.39, 0.29) is 5.91 Å². The van der Waals surface area contributed by atoms with E-state index in [1.807, 2.05) is 11.8 Å². The van der Waals surface area contributed by atoms with Crippen molar-refractivity contribution in [3.63, 3.8) is 0 Å². The van der Waals surface area contributed by atoms with Crippen LogP contribution in [0.3, 0.4) is 0 Å². The molecule has 0 spiro atoms. The molecule has 3 nitrogen and oxygen atoms in total. The minimum atomic E-state index is 0.191. The van der Waals surface area contributed by atoms with Crippen LogP contribution in [0.25, 0.3) is 0 Å². The minimum Gasteiger partial charge on any atom is -0.354 e. The summed E-state index contributed by atoms with van der Waals surface area (Å²) >= 11 is 1.93. The average Bonchev–Trinajstić information content (AvgIpc) is 2.19. The Balaban J connectivity index is 2.16. The lowest BCUT2D eigenvalue weighted by Gasteiger charge is -2.23. The molecular weight excluding hydrogens is 208 g/mol. The third-order valence-electron chi connectivity index (χ3n) is 2.56. The summed E-state index contributed by atoms with van der Waals surface area (Å²) in [6, 6.07) is 0.691. The number of rotatable bonds is 5. The Bertz CT molecular complexity index is 193. The van der Waals surface area contributed by atoms with Gasteiger partial charge < -0.3 is 10.6 Å². The van der Waals surface area contributed by atoms with E-state index in [9.17, 15) is 4.79 Å². The zero-order chi connectivity index (χ0) is 11.1. The lowest BCUT2D eigenvalue weighted by atomic mass is 10.1. The monoisotopic (exact) mass is 230 g/mol. The van der Waals surface area contributed by atoms with Gasteiger partial charge in [0.15, 0.2) is 0 Å². The van der Waals surface area contributed by atoms with Crippen molar-refractivity contribution in [3.05, 3.63) is 0 Å². The smallest absolute Gasteiger partial charge is 0.221 e. The molecule has 0 aromatic rings. The molecule has 0 aromatic carbocycles. The van der Waals surface area contributed by atoms with Crippen LogP contribution in [0.15, 0.2) is 0 Å². The summed E-state index contributed by atoms with van der Waals surface area (Å²) in [5.74, 6) is 2.43. The van der Waals surface area contributed by atoms with Gasteiger partial charge in [-0.3, -0.25) is 4.79 Å². The van der Waals surface area contributed by atoms with Crippen LogP contribution in [-0.4, -0.2) is 36.0 Å². The van der Waals surface area contributed by atoms with E-state index < -0.39 is 0 Å². The van der Waals surface area contributed by atoms with Crippen LogP contribution in [0.4, 0.5) is 0 Å². The molecule has 1 amide bonds. The van der Waals surface area contributed by atoms with Gasteiger partial charge in [-0.15, -0.1) is 0 Å². The molecule has 1 rings (SSSR count). The van der Waals surface area contributed by atoms with E-state index >= 15 is 0 Å². The van der Waals surface area contributed by atoms with Crippen LogP contribution in [0.2, 0.25) is 0 Å². The van der Waals surface area contributed by atoms with E-state index in [1.165, 1.54) is 5.75 Å². The second kappa shape index (κ2) is 7.12. The standard InChI is InChI=1S/C11H22N2OS/c1-3-4-9(2)13-11(14)7-10-8-15-6-5-12-10/h9-10,12H,3-8H2,1-2H3,(H,13,14). The first-order valence-corrected chi connectivity index (χ1v) is 6.98. The Hall–Kier alpha value is -0.220. The van der Waals surface area contributed by atoms with Crippen molar-refractivity contribution in [1.29, 1.82) is 0 Å². The fourth-order valence-electron chi connectivity index (χ4n) is 1.81. The number of hydrogen-bond acceptors (Lipinski definition) is 3. The normalized spacial score (nSPS) is 23.5. The molecule has 0 bridgehead atoms. The van der Waals surface area contributed by atoms with Crippen LogP contribution in [-0.2, 0) is 4.79 Å². The fourth-order valence-corrected chi connectivity index (χ4v) is 2.76. The van der Waals surface area contributed by atoms with E-state index in [1.54, 1.807) is 0 Å². The highest BCUT2D eigenvalue weighted by molar-refractivity contribution is 7.99. The van der Waals surface area contributed by atoms with Gasteiger partial charge in [0.1, 0.15) is 0 Å². The molecule has 0 aromatic heterocycles. The molecule has 88 valence electrons. The lowest BCUT2D eigenvalue weighted by molar-refractivity contribution is -0.122. The van der Waals surface area contributed by atoms with E-state index in [0.29, 0.717) is 18.5 Å². The van der Waals surface area contributed by atoms with Gasteiger partial charge in [0.05, 0.1) is 0 Å². The van der Waals surface area contributed by atoms with Crippen LogP contribution in [0.5, 0.6) is 0 Å². The van der Waals surface area contributed by atoms with Gasteiger partial charge in [0.2, 0.25) is 5.91 Å². The van der Waals surface area contributed by atoms with Crippen molar-refractivity contribution >= 4 is 17.7 Å². The molecule has 0 aliphatic carbocycles. The maximum absolute atomic E-state index is 11.6. The van der Waals surface area contributed by atoms with Crippen molar-refractivity contribution < 1.29 is 4.79 Å². The summed E-state index contributed by atoms with van der Waals surface area (Å²) < 4.78 is 0. The highest BCUT2D eigenvalue weighted by Crippen LogP contribution is 2.10. The summed E-state index contributed by atoms with van der Waals surface area (Å²) in [6.45, 7) is 5.25. The number of hydrogen-bond donors (Lipinski definition) is 2. The van der Waals surface area contributed by atoms with Gasteiger partial charge in [0.25, 0.3) is 0 Å². The molecule has 1 aliphatic rings. The van der Waals surface area contributed by atoms with Crippen molar-refractivity contribution in [2.24, 2.45) is 0 Å². The fraction of sp³-hybridized carbons (Fsp3) is 0.909. The zero-order valence-corrected chi connectivity index (χ0v) is 10.5. The largest absolute Gasteiger partial charge is 0.354 e. The topological polar surface area (TPSA) is 41.1 Å². The van der Waals surface area contributed by atoms with Gasteiger partial charge in [-0.2, -0.15) is 11.8 Å². The molecular formula is C11H22N2OS. The third-order valence-corrected chi connectivity index (χ3v) is 3.69. The first-order valence-electron chi connectivity index (χ1n) is 5.83. The van der Waals surface area contributed by atoms with Gasteiger partial charge in [-0.05, 0) is 13.3 Å². The molecule has 1 saturated heterocycles. The van der Waals surface area contributed by atoms with Gasteiger partial charge in [-0.25, -0.2) is 0 Å². The first kappa shape index (κ1) is 12.8. The maximum Gasteiger partial charge on any atom is 0.221 e. The average molecular weight is 230 g/mol. The molecule has 15 heavy (non-hydrogen) atoms. The predicted octanol–water partition coefficient (Wildman–Crippen LogP) is 1.39. The van der Waals surface area contributed by atoms with Crippen LogP contribution < -0.4 is 10.6 Å². The molecule has 1 aliphatic heterocycles. The maximum atomic E-state index is 11.6. The second-order valence-corrected chi connectivity index (χ2v) is 5.34. The molecule has 1 heterocycles. The van der Waals surface area contributed by atoms with Gasteiger partial charge in [-0.1, -0.05) is 13.3 Å². The third kappa shape index (κ3) is 5.42. The van der Waals surface area contributed by atoms with E-state index in [2.05, 4.69) is 24.5 Å².